The number of aryl methyl sites for hydroxylation is 1. The van der Waals surface area contributed by atoms with E-state index < -0.39 is 0 Å². The zero-order valence-corrected chi connectivity index (χ0v) is 14.5. The lowest BCUT2D eigenvalue weighted by atomic mass is 9.98. The fourth-order valence-electron chi connectivity index (χ4n) is 3.22. The topological polar surface area (TPSA) is 71.8 Å². The quantitative estimate of drug-likeness (QED) is 0.904. The highest BCUT2D eigenvalue weighted by atomic mass is 16.2. The van der Waals surface area contributed by atoms with Gasteiger partial charge in [-0.2, -0.15) is 0 Å². The molecule has 1 aromatic heterocycles. The van der Waals surface area contributed by atoms with Crippen molar-refractivity contribution in [3.05, 3.63) is 46.8 Å². The molecule has 1 atom stereocenters. The standard InChI is InChI=1S/C18H25N5O/c1-12-5-4-6-16(13(12)2)14(3)20-18(24)17-11-23(22-21-17)15-7-9-19-10-8-15/h4-6,11,14-15,19H,7-10H2,1-3H3,(H,20,24). The summed E-state index contributed by atoms with van der Waals surface area (Å²) in [6.45, 7) is 8.13. The molecule has 0 bridgehead atoms. The molecule has 128 valence electrons. The van der Waals surface area contributed by atoms with E-state index in [2.05, 4.69) is 46.9 Å². The van der Waals surface area contributed by atoms with Gasteiger partial charge in [-0.05, 0) is 63.4 Å². The SMILES string of the molecule is Cc1cccc(C(C)NC(=O)c2cn(C3CCNCC3)nn2)c1C. The largest absolute Gasteiger partial charge is 0.344 e. The molecule has 1 unspecified atom stereocenters. The minimum Gasteiger partial charge on any atom is -0.344 e. The fourth-order valence-corrected chi connectivity index (χ4v) is 3.22. The summed E-state index contributed by atoms with van der Waals surface area (Å²) in [6, 6.07) is 6.42. The summed E-state index contributed by atoms with van der Waals surface area (Å²) in [5.74, 6) is -0.177. The number of rotatable bonds is 4. The molecular formula is C18H25N5O. The van der Waals surface area contributed by atoms with Crippen molar-refractivity contribution in [2.75, 3.05) is 13.1 Å². The third-order valence-electron chi connectivity index (χ3n) is 4.89. The summed E-state index contributed by atoms with van der Waals surface area (Å²) < 4.78 is 1.83. The first-order valence-electron chi connectivity index (χ1n) is 8.56. The normalized spacial score (nSPS) is 16.8. The van der Waals surface area contributed by atoms with Gasteiger partial charge in [0.15, 0.2) is 5.69 Å². The summed E-state index contributed by atoms with van der Waals surface area (Å²) in [4.78, 5) is 12.5. The van der Waals surface area contributed by atoms with Crippen LogP contribution in [0.15, 0.2) is 24.4 Å². The van der Waals surface area contributed by atoms with E-state index in [1.807, 2.05) is 17.7 Å². The maximum atomic E-state index is 12.5. The van der Waals surface area contributed by atoms with Crippen molar-refractivity contribution in [1.82, 2.24) is 25.6 Å². The molecule has 0 spiro atoms. The molecule has 1 aliphatic rings. The molecule has 1 fully saturated rings. The lowest BCUT2D eigenvalue weighted by Crippen LogP contribution is -2.29. The van der Waals surface area contributed by atoms with Crippen LogP contribution in [-0.4, -0.2) is 34.0 Å². The third-order valence-corrected chi connectivity index (χ3v) is 4.89. The van der Waals surface area contributed by atoms with E-state index in [1.165, 1.54) is 11.1 Å². The molecule has 0 saturated carbocycles. The minimum atomic E-state index is -0.177. The second-order valence-electron chi connectivity index (χ2n) is 6.55. The van der Waals surface area contributed by atoms with Crippen LogP contribution in [0.3, 0.4) is 0 Å². The van der Waals surface area contributed by atoms with Crippen molar-refractivity contribution >= 4 is 5.91 Å². The Morgan fingerprint density at radius 3 is 2.83 bits per heavy atom. The third kappa shape index (κ3) is 3.48. The zero-order chi connectivity index (χ0) is 17.1. The lowest BCUT2D eigenvalue weighted by Gasteiger charge is -2.22. The Balaban J connectivity index is 1.68. The van der Waals surface area contributed by atoms with Crippen LogP contribution in [0.4, 0.5) is 0 Å². The van der Waals surface area contributed by atoms with Gasteiger partial charge in [-0.1, -0.05) is 23.4 Å². The van der Waals surface area contributed by atoms with Gasteiger partial charge in [0, 0.05) is 0 Å². The van der Waals surface area contributed by atoms with Gasteiger partial charge < -0.3 is 10.6 Å². The molecule has 24 heavy (non-hydrogen) atoms. The Hall–Kier alpha value is -2.21. The Kier molecular flexibility index (Phi) is 4.94. The maximum Gasteiger partial charge on any atom is 0.273 e. The number of piperidine rings is 1. The highest BCUT2D eigenvalue weighted by Crippen LogP contribution is 2.21. The average Bonchev–Trinajstić information content (AvgIpc) is 3.08. The summed E-state index contributed by atoms with van der Waals surface area (Å²) in [7, 11) is 0. The number of nitrogens with zero attached hydrogens (tertiary/aromatic N) is 3. The second kappa shape index (κ2) is 7.13. The highest BCUT2D eigenvalue weighted by Gasteiger charge is 2.20. The molecule has 3 rings (SSSR count). The number of benzene rings is 1. The van der Waals surface area contributed by atoms with Crippen molar-refractivity contribution in [3.63, 3.8) is 0 Å². The van der Waals surface area contributed by atoms with Crippen molar-refractivity contribution in [3.8, 4) is 0 Å². The van der Waals surface area contributed by atoms with Gasteiger partial charge >= 0.3 is 0 Å². The van der Waals surface area contributed by atoms with Crippen LogP contribution in [0.5, 0.6) is 0 Å². The number of amides is 1. The fraction of sp³-hybridized carbons (Fsp3) is 0.500. The first-order valence-corrected chi connectivity index (χ1v) is 8.56. The summed E-state index contributed by atoms with van der Waals surface area (Å²) in [6.07, 6.45) is 3.80. The van der Waals surface area contributed by atoms with E-state index in [4.69, 9.17) is 0 Å². The molecule has 6 nitrogen and oxygen atoms in total. The summed E-state index contributed by atoms with van der Waals surface area (Å²) in [5.41, 5.74) is 3.95. The van der Waals surface area contributed by atoms with E-state index in [-0.39, 0.29) is 11.9 Å². The van der Waals surface area contributed by atoms with Crippen LogP contribution in [-0.2, 0) is 0 Å². The molecule has 1 amide bonds. The number of carbonyl (C=O) groups excluding carboxylic acids is 1. The maximum absolute atomic E-state index is 12.5. The minimum absolute atomic E-state index is 0.0681. The summed E-state index contributed by atoms with van der Waals surface area (Å²) in [5, 5.41) is 14.6. The predicted octanol–water partition coefficient (Wildman–Crippen LogP) is 2.31. The number of hydrogen-bond acceptors (Lipinski definition) is 4. The smallest absolute Gasteiger partial charge is 0.273 e. The molecule has 0 radical (unpaired) electrons. The first-order chi connectivity index (χ1) is 11.6. The Bertz CT molecular complexity index is 718. The highest BCUT2D eigenvalue weighted by molar-refractivity contribution is 5.92. The Morgan fingerprint density at radius 1 is 1.33 bits per heavy atom. The van der Waals surface area contributed by atoms with Gasteiger partial charge in [-0.15, -0.1) is 5.10 Å². The Labute approximate surface area is 142 Å². The molecule has 6 heteroatoms. The lowest BCUT2D eigenvalue weighted by molar-refractivity contribution is 0.0934. The van der Waals surface area contributed by atoms with Crippen LogP contribution < -0.4 is 10.6 Å². The van der Waals surface area contributed by atoms with Crippen LogP contribution in [0.2, 0.25) is 0 Å². The Morgan fingerprint density at radius 2 is 2.08 bits per heavy atom. The van der Waals surface area contributed by atoms with Gasteiger partial charge in [-0.3, -0.25) is 4.79 Å². The van der Waals surface area contributed by atoms with Gasteiger partial charge in [0.25, 0.3) is 5.91 Å². The predicted molar refractivity (Wildman–Crippen MR) is 93.0 cm³/mol. The van der Waals surface area contributed by atoms with E-state index in [9.17, 15) is 4.79 Å². The van der Waals surface area contributed by atoms with Crippen LogP contribution in [0, 0.1) is 13.8 Å². The van der Waals surface area contributed by atoms with Crippen molar-refractivity contribution in [1.29, 1.82) is 0 Å². The van der Waals surface area contributed by atoms with E-state index >= 15 is 0 Å². The van der Waals surface area contributed by atoms with Gasteiger partial charge in [-0.25, -0.2) is 4.68 Å². The number of hydrogen-bond donors (Lipinski definition) is 2. The monoisotopic (exact) mass is 327 g/mol. The molecule has 1 aliphatic heterocycles. The van der Waals surface area contributed by atoms with Gasteiger partial charge in [0.05, 0.1) is 18.3 Å². The van der Waals surface area contributed by atoms with Crippen LogP contribution >= 0.6 is 0 Å². The first kappa shape index (κ1) is 16.6. The molecule has 1 saturated heterocycles. The van der Waals surface area contributed by atoms with Gasteiger partial charge in [0.2, 0.25) is 0 Å². The van der Waals surface area contributed by atoms with Crippen molar-refractivity contribution in [2.45, 2.75) is 45.7 Å². The average molecular weight is 327 g/mol. The molecule has 1 aromatic carbocycles. The van der Waals surface area contributed by atoms with Crippen LogP contribution in [0.25, 0.3) is 0 Å². The molecule has 0 aliphatic carbocycles. The molecule has 2 heterocycles. The summed E-state index contributed by atoms with van der Waals surface area (Å²) >= 11 is 0. The number of aromatic nitrogens is 3. The van der Waals surface area contributed by atoms with Crippen molar-refractivity contribution < 1.29 is 4.79 Å². The van der Waals surface area contributed by atoms with Crippen LogP contribution in [0.1, 0.15) is 59.0 Å². The van der Waals surface area contributed by atoms with E-state index in [0.29, 0.717) is 11.7 Å². The zero-order valence-electron chi connectivity index (χ0n) is 14.5. The number of carbonyl (C=O) groups is 1. The molecular weight excluding hydrogens is 302 g/mol. The van der Waals surface area contributed by atoms with Gasteiger partial charge in [0.1, 0.15) is 0 Å². The van der Waals surface area contributed by atoms with E-state index in [0.717, 1.165) is 31.5 Å². The number of nitrogens with one attached hydrogen (secondary N) is 2. The molecule has 2 N–H and O–H groups in total. The van der Waals surface area contributed by atoms with Crippen molar-refractivity contribution in [2.24, 2.45) is 0 Å². The second-order valence-corrected chi connectivity index (χ2v) is 6.55. The van der Waals surface area contributed by atoms with E-state index in [1.54, 1.807) is 6.20 Å². The molecule has 2 aromatic rings.